The predicted octanol–water partition coefficient (Wildman–Crippen LogP) is 4.09. The minimum Gasteiger partial charge on any atom is -0.383 e. The lowest BCUT2D eigenvalue weighted by Gasteiger charge is -2.14. The lowest BCUT2D eigenvalue weighted by Crippen LogP contribution is -2.07. The molecule has 0 saturated heterocycles. The lowest BCUT2D eigenvalue weighted by atomic mass is 10.0. The van der Waals surface area contributed by atoms with Crippen LogP contribution in [0.4, 0.5) is 17.6 Å². The van der Waals surface area contributed by atoms with Gasteiger partial charge < -0.3 is 5.11 Å². The molecule has 0 heterocycles. The summed E-state index contributed by atoms with van der Waals surface area (Å²) in [5.74, 6) is -4.27. The van der Waals surface area contributed by atoms with Crippen LogP contribution in [-0.4, -0.2) is 5.11 Å². The van der Waals surface area contributed by atoms with Gasteiger partial charge >= 0.3 is 0 Å². The number of hydrogen-bond acceptors (Lipinski definition) is 1. The number of benzene rings is 2. The summed E-state index contributed by atoms with van der Waals surface area (Å²) in [5.41, 5.74) is -0.768. The van der Waals surface area contributed by atoms with Crippen LogP contribution >= 0.6 is 15.9 Å². The van der Waals surface area contributed by atoms with E-state index in [1.54, 1.807) is 0 Å². The summed E-state index contributed by atoms with van der Waals surface area (Å²) in [6.07, 6.45) is -1.73. The van der Waals surface area contributed by atoms with Crippen molar-refractivity contribution >= 4 is 15.9 Å². The highest BCUT2D eigenvalue weighted by Gasteiger charge is 2.22. The molecular weight excluding hydrogens is 328 g/mol. The molecule has 0 fully saturated rings. The smallest absolute Gasteiger partial charge is 0.159 e. The average Bonchev–Trinajstić information content (AvgIpc) is 2.37. The fraction of sp³-hybridized carbons (Fsp3) is 0.0769. The number of halogens is 5. The van der Waals surface area contributed by atoms with Crippen LogP contribution in [0.15, 0.2) is 34.8 Å². The zero-order chi connectivity index (χ0) is 14.2. The van der Waals surface area contributed by atoms with Crippen LogP contribution in [-0.2, 0) is 0 Å². The van der Waals surface area contributed by atoms with E-state index in [4.69, 9.17) is 0 Å². The van der Waals surface area contributed by atoms with Gasteiger partial charge in [-0.05, 0) is 45.8 Å². The summed E-state index contributed by atoms with van der Waals surface area (Å²) in [6.45, 7) is 0. The van der Waals surface area contributed by atoms with Crippen molar-refractivity contribution < 1.29 is 22.7 Å². The molecule has 0 aromatic heterocycles. The third-order valence-corrected chi connectivity index (χ3v) is 3.22. The number of rotatable bonds is 2. The first-order chi connectivity index (χ1) is 8.91. The molecule has 0 radical (unpaired) electrons. The Morgan fingerprint density at radius 1 is 0.895 bits per heavy atom. The third kappa shape index (κ3) is 2.64. The summed E-state index contributed by atoms with van der Waals surface area (Å²) in [4.78, 5) is 0. The van der Waals surface area contributed by atoms with Crippen molar-refractivity contribution in [2.24, 2.45) is 0 Å². The van der Waals surface area contributed by atoms with Crippen molar-refractivity contribution in [3.63, 3.8) is 0 Å². The highest BCUT2D eigenvalue weighted by atomic mass is 79.9. The van der Waals surface area contributed by atoms with Gasteiger partial charge in [-0.2, -0.15) is 0 Å². The molecule has 6 heteroatoms. The van der Waals surface area contributed by atoms with E-state index >= 15 is 0 Å². The summed E-state index contributed by atoms with van der Waals surface area (Å²) in [7, 11) is 0. The molecule has 0 spiro atoms. The summed E-state index contributed by atoms with van der Waals surface area (Å²) in [5, 5.41) is 9.90. The van der Waals surface area contributed by atoms with Gasteiger partial charge in [0.05, 0.1) is 10.0 Å². The molecular formula is C13H7BrF4O. The van der Waals surface area contributed by atoms with Crippen LogP contribution < -0.4 is 0 Å². The molecule has 2 aromatic rings. The molecule has 1 N–H and O–H groups in total. The average molecular weight is 335 g/mol. The van der Waals surface area contributed by atoms with Gasteiger partial charge in [-0.25, -0.2) is 17.6 Å². The van der Waals surface area contributed by atoms with Crippen molar-refractivity contribution in [1.82, 2.24) is 0 Å². The van der Waals surface area contributed by atoms with E-state index in [-0.39, 0.29) is 10.0 Å². The molecule has 0 bridgehead atoms. The first-order valence-corrected chi connectivity index (χ1v) is 5.97. The second kappa shape index (κ2) is 5.30. The van der Waals surface area contributed by atoms with E-state index in [9.17, 15) is 22.7 Å². The summed E-state index contributed by atoms with van der Waals surface area (Å²) < 4.78 is 53.1. The van der Waals surface area contributed by atoms with Gasteiger partial charge in [0.1, 0.15) is 17.7 Å². The van der Waals surface area contributed by atoms with Crippen molar-refractivity contribution in [1.29, 1.82) is 0 Å². The van der Waals surface area contributed by atoms with Crippen LogP contribution in [0.1, 0.15) is 17.2 Å². The SMILES string of the molecule is OC(c1ccc(F)c(F)c1)c1c(F)ccc(Br)c1F. The largest absolute Gasteiger partial charge is 0.383 e. The van der Waals surface area contributed by atoms with Crippen LogP contribution in [0, 0.1) is 23.3 Å². The minimum absolute atomic E-state index is 0.0365. The van der Waals surface area contributed by atoms with E-state index in [0.29, 0.717) is 6.07 Å². The monoisotopic (exact) mass is 334 g/mol. The van der Waals surface area contributed by atoms with Gasteiger partial charge in [-0.15, -0.1) is 0 Å². The second-order valence-corrected chi connectivity index (χ2v) is 4.69. The fourth-order valence-electron chi connectivity index (χ4n) is 1.64. The number of aliphatic hydroxyl groups excluding tert-OH is 1. The summed E-state index contributed by atoms with van der Waals surface area (Å²) in [6, 6.07) is 4.64. The molecule has 0 saturated carbocycles. The Bertz CT molecular complexity index is 630. The van der Waals surface area contributed by atoms with Gasteiger partial charge in [0, 0.05) is 0 Å². The molecule has 0 aliphatic heterocycles. The standard InChI is InChI=1S/C13H7BrF4O/c14-7-2-4-9(16)11(12(7)18)13(19)6-1-3-8(15)10(17)5-6/h1-5,13,19H. The lowest BCUT2D eigenvalue weighted by molar-refractivity contribution is 0.208. The molecule has 100 valence electrons. The number of aliphatic hydroxyl groups is 1. The van der Waals surface area contributed by atoms with Crippen molar-refractivity contribution in [3.8, 4) is 0 Å². The van der Waals surface area contributed by atoms with Gasteiger partial charge in [0.2, 0.25) is 0 Å². The van der Waals surface area contributed by atoms with Gasteiger partial charge in [0.25, 0.3) is 0 Å². The maximum absolute atomic E-state index is 13.8. The molecule has 1 unspecified atom stereocenters. The maximum atomic E-state index is 13.8. The molecule has 0 aliphatic carbocycles. The summed E-state index contributed by atoms with van der Waals surface area (Å²) >= 11 is 2.86. The molecule has 19 heavy (non-hydrogen) atoms. The Labute approximate surface area is 114 Å². The highest BCUT2D eigenvalue weighted by Crippen LogP contribution is 2.31. The Morgan fingerprint density at radius 2 is 1.53 bits per heavy atom. The topological polar surface area (TPSA) is 20.2 Å². The molecule has 1 atom stereocenters. The fourth-order valence-corrected chi connectivity index (χ4v) is 1.99. The maximum Gasteiger partial charge on any atom is 0.159 e. The van der Waals surface area contributed by atoms with E-state index in [1.807, 2.05) is 0 Å². The molecule has 0 aliphatic rings. The molecule has 0 amide bonds. The Kier molecular flexibility index (Phi) is 3.91. The van der Waals surface area contributed by atoms with E-state index in [0.717, 1.165) is 24.3 Å². The van der Waals surface area contributed by atoms with Crippen molar-refractivity contribution in [3.05, 3.63) is 69.2 Å². The molecule has 1 nitrogen and oxygen atoms in total. The first-order valence-electron chi connectivity index (χ1n) is 5.18. The zero-order valence-electron chi connectivity index (χ0n) is 9.30. The second-order valence-electron chi connectivity index (χ2n) is 3.83. The molecule has 2 aromatic carbocycles. The van der Waals surface area contributed by atoms with Gasteiger partial charge in [-0.3, -0.25) is 0 Å². The van der Waals surface area contributed by atoms with E-state index in [1.165, 1.54) is 0 Å². The van der Waals surface area contributed by atoms with Gasteiger partial charge in [0.15, 0.2) is 11.6 Å². The Hall–Kier alpha value is -1.40. The van der Waals surface area contributed by atoms with E-state index in [2.05, 4.69) is 15.9 Å². The third-order valence-electron chi connectivity index (χ3n) is 2.61. The Morgan fingerprint density at radius 3 is 2.16 bits per heavy atom. The number of hydrogen-bond donors (Lipinski definition) is 1. The zero-order valence-corrected chi connectivity index (χ0v) is 10.9. The van der Waals surface area contributed by atoms with Crippen LogP contribution in [0.25, 0.3) is 0 Å². The van der Waals surface area contributed by atoms with Crippen LogP contribution in [0.5, 0.6) is 0 Å². The van der Waals surface area contributed by atoms with Crippen LogP contribution in [0.3, 0.4) is 0 Å². The highest BCUT2D eigenvalue weighted by molar-refractivity contribution is 9.10. The van der Waals surface area contributed by atoms with Crippen LogP contribution in [0.2, 0.25) is 0 Å². The van der Waals surface area contributed by atoms with Gasteiger partial charge in [-0.1, -0.05) is 6.07 Å². The quantitative estimate of drug-likeness (QED) is 0.648. The van der Waals surface area contributed by atoms with Crippen molar-refractivity contribution in [2.45, 2.75) is 6.10 Å². The minimum atomic E-state index is -1.73. The first kappa shape index (κ1) is 14.0. The Balaban J connectivity index is 2.52. The normalized spacial score (nSPS) is 12.5. The molecule has 2 rings (SSSR count). The van der Waals surface area contributed by atoms with E-state index < -0.39 is 34.9 Å². The predicted molar refractivity (Wildman–Crippen MR) is 64.5 cm³/mol. The van der Waals surface area contributed by atoms with Crippen molar-refractivity contribution in [2.75, 3.05) is 0 Å².